The molecular formula is C24H26N4O3. The van der Waals surface area contributed by atoms with E-state index in [-0.39, 0.29) is 18.3 Å². The van der Waals surface area contributed by atoms with Crippen LogP contribution in [0.1, 0.15) is 28.8 Å². The molecule has 1 aliphatic heterocycles. The van der Waals surface area contributed by atoms with E-state index in [0.29, 0.717) is 18.3 Å². The van der Waals surface area contributed by atoms with E-state index in [9.17, 15) is 5.26 Å². The molecule has 7 heteroatoms. The highest BCUT2D eigenvalue weighted by atomic mass is 16.5. The second kappa shape index (κ2) is 10.1. The summed E-state index contributed by atoms with van der Waals surface area (Å²) in [6.07, 6.45) is 0. The highest BCUT2D eigenvalue weighted by Crippen LogP contribution is 2.25. The minimum atomic E-state index is 0.133. The van der Waals surface area contributed by atoms with Crippen molar-refractivity contribution in [3.05, 3.63) is 77.3 Å². The van der Waals surface area contributed by atoms with Crippen molar-refractivity contribution in [3.8, 4) is 11.8 Å². The predicted octanol–water partition coefficient (Wildman–Crippen LogP) is 3.92. The number of anilines is 1. The SMILES string of the molecule is Cc1ccccc1OCc1nc(C#N)c(NC[C@@H](c2ccccc2)N2CCOCC2)o1. The van der Waals surface area contributed by atoms with Crippen molar-refractivity contribution in [1.29, 1.82) is 5.26 Å². The summed E-state index contributed by atoms with van der Waals surface area (Å²) in [7, 11) is 0. The fourth-order valence-corrected chi connectivity index (χ4v) is 3.69. The maximum absolute atomic E-state index is 9.51. The van der Waals surface area contributed by atoms with Gasteiger partial charge >= 0.3 is 0 Å². The van der Waals surface area contributed by atoms with Gasteiger partial charge in [0.25, 0.3) is 0 Å². The Kier molecular flexibility index (Phi) is 6.82. The van der Waals surface area contributed by atoms with Gasteiger partial charge < -0.3 is 19.2 Å². The smallest absolute Gasteiger partial charge is 0.236 e. The molecule has 3 aromatic rings. The summed E-state index contributed by atoms with van der Waals surface area (Å²) in [5.74, 6) is 1.51. The molecule has 2 heterocycles. The van der Waals surface area contributed by atoms with Gasteiger partial charge in [0.05, 0.1) is 19.3 Å². The standard InChI is InChI=1S/C24H26N4O3/c1-18-7-5-6-10-22(18)30-17-23-27-20(15-25)24(31-23)26-16-21(19-8-3-2-4-9-19)28-11-13-29-14-12-28/h2-10,21,26H,11-14,16-17H2,1H3/t21-/m0/s1. The molecule has 0 unspecified atom stereocenters. The molecule has 0 amide bonds. The number of rotatable bonds is 8. The maximum atomic E-state index is 9.51. The van der Waals surface area contributed by atoms with Crippen LogP contribution < -0.4 is 10.1 Å². The Bertz CT molecular complexity index is 1020. The van der Waals surface area contributed by atoms with Gasteiger partial charge in [-0.1, -0.05) is 48.5 Å². The van der Waals surface area contributed by atoms with E-state index in [0.717, 1.165) is 37.6 Å². The Hall–Kier alpha value is -3.34. The van der Waals surface area contributed by atoms with Gasteiger partial charge in [-0.3, -0.25) is 4.90 Å². The van der Waals surface area contributed by atoms with Crippen LogP contribution in [0.3, 0.4) is 0 Å². The Balaban J connectivity index is 1.46. The summed E-state index contributed by atoms with van der Waals surface area (Å²) in [5, 5.41) is 12.8. The molecule has 4 rings (SSSR count). The van der Waals surface area contributed by atoms with Crippen molar-refractivity contribution in [2.75, 3.05) is 38.2 Å². The predicted molar refractivity (Wildman–Crippen MR) is 117 cm³/mol. The third-order valence-electron chi connectivity index (χ3n) is 5.35. The third kappa shape index (κ3) is 5.23. The van der Waals surface area contributed by atoms with Gasteiger partial charge in [-0.25, -0.2) is 0 Å². The molecule has 0 saturated carbocycles. The number of oxazole rings is 1. The largest absolute Gasteiger partial charge is 0.484 e. The summed E-state index contributed by atoms with van der Waals surface area (Å²) in [4.78, 5) is 6.67. The molecule has 1 fully saturated rings. The van der Waals surface area contributed by atoms with Gasteiger partial charge in [0.2, 0.25) is 17.5 Å². The minimum absolute atomic E-state index is 0.133. The zero-order valence-corrected chi connectivity index (χ0v) is 17.6. The molecule has 7 nitrogen and oxygen atoms in total. The van der Waals surface area contributed by atoms with Crippen molar-refractivity contribution in [1.82, 2.24) is 9.88 Å². The van der Waals surface area contributed by atoms with Crippen LogP contribution in [0.2, 0.25) is 0 Å². The zero-order chi connectivity index (χ0) is 21.5. The van der Waals surface area contributed by atoms with Crippen LogP contribution in [0.15, 0.2) is 59.0 Å². The van der Waals surface area contributed by atoms with Crippen LogP contribution in [0.5, 0.6) is 5.75 Å². The number of nitriles is 1. The first-order valence-electron chi connectivity index (χ1n) is 10.4. The summed E-state index contributed by atoms with van der Waals surface area (Å²) in [6, 6.07) is 20.3. The highest BCUT2D eigenvalue weighted by molar-refractivity contribution is 5.45. The molecule has 0 radical (unpaired) electrons. The molecule has 0 bridgehead atoms. The van der Waals surface area contributed by atoms with E-state index in [1.165, 1.54) is 5.56 Å². The lowest BCUT2D eigenvalue weighted by atomic mass is 10.0. The second-order valence-corrected chi connectivity index (χ2v) is 7.41. The van der Waals surface area contributed by atoms with Gasteiger partial charge in [-0.15, -0.1) is 0 Å². The van der Waals surface area contributed by atoms with Gasteiger partial charge in [0, 0.05) is 19.6 Å². The molecule has 160 valence electrons. The fraction of sp³-hybridized carbons (Fsp3) is 0.333. The maximum Gasteiger partial charge on any atom is 0.236 e. The molecule has 1 aromatic heterocycles. The Morgan fingerprint density at radius 3 is 2.61 bits per heavy atom. The van der Waals surface area contributed by atoms with Crippen LogP contribution in [0, 0.1) is 18.3 Å². The summed E-state index contributed by atoms with van der Waals surface area (Å²) >= 11 is 0. The minimum Gasteiger partial charge on any atom is -0.484 e. The van der Waals surface area contributed by atoms with E-state index in [1.54, 1.807) is 0 Å². The summed E-state index contributed by atoms with van der Waals surface area (Å²) in [5.41, 5.74) is 2.47. The van der Waals surface area contributed by atoms with Crippen molar-refractivity contribution in [2.24, 2.45) is 0 Å². The topological polar surface area (TPSA) is 83.5 Å². The van der Waals surface area contributed by atoms with Crippen LogP contribution in [0.4, 0.5) is 5.88 Å². The number of hydrogen-bond acceptors (Lipinski definition) is 7. The molecule has 0 spiro atoms. The lowest BCUT2D eigenvalue weighted by molar-refractivity contribution is 0.0186. The van der Waals surface area contributed by atoms with Crippen LogP contribution in [-0.4, -0.2) is 42.7 Å². The van der Waals surface area contributed by atoms with Crippen molar-refractivity contribution in [2.45, 2.75) is 19.6 Å². The quantitative estimate of drug-likeness (QED) is 0.594. The number of nitrogens with one attached hydrogen (secondary N) is 1. The Morgan fingerprint density at radius 1 is 1.13 bits per heavy atom. The first-order chi connectivity index (χ1) is 15.2. The van der Waals surface area contributed by atoms with Crippen molar-refractivity contribution >= 4 is 5.88 Å². The van der Waals surface area contributed by atoms with E-state index >= 15 is 0 Å². The number of ether oxygens (including phenoxy) is 2. The van der Waals surface area contributed by atoms with E-state index in [1.807, 2.05) is 49.4 Å². The van der Waals surface area contributed by atoms with Crippen molar-refractivity contribution in [3.63, 3.8) is 0 Å². The number of para-hydroxylation sites is 1. The number of benzene rings is 2. The molecule has 31 heavy (non-hydrogen) atoms. The normalized spacial score (nSPS) is 15.2. The number of nitrogens with zero attached hydrogens (tertiary/aromatic N) is 3. The van der Waals surface area contributed by atoms with Crippen molar-refractivity contribution < 1.29 is 13.9 Å². The summed E-state index contributed by atoms with van der Waals surface area (Å²) < 4.78 is 17.2. The molecule has 1 saturated heterocycles. The zero-order valence-electron chi connectivity index (χ0n) is 17.6. The lowest BCUT2D eigenvalue weighted by Crippen LogP contribution is -2.41. The van der Waals surface area contributed by atoms with Gasteiger partial charge in [0.15, 0.2) is 6.61 Å². The average Bonchev–Trinajstić information content (AvgIpc) is 3.22. The molecule has 1 aliphatic rings. The molecule has 1 atom stereocenters. The number of morpholine rings is 1. The average molecular weight is 418 g/mol. The molecule has 0 aliphatic carbocycles. The van der Waals surface area contributed by atoms with Gasteiger partial charge in [0.1, 0.15) is 11.8 Å². The van der Waals surface area contributed by atoms with Crippen LogP contribution >= 0.6 is 0 Å². The van der Waals surface area contributed by atoms with Gasteiger partial charge in [-0.05, 0) is 24.1 Å². The van der Waals surface area contributed by atoms with Gasteiger partial charge in [-0.2, -0.15) is 10.2 Å². The molecule has 2 aromatic carbocycles. The Labute approximate surface area is 182 Å². The van der Waals surface area contributed by atoms with Crippen LogP contribution in [0.25, 0.3) is 0 Å². The lowest BCUT2D eigenvalue weighted by Gasteiger charge is -2.34. The fourth-order valence-electron chi connectivity index (χ4n) is 3.69. The van der Waals surface area contributed by atoms with E-state index in [2.05, 4.69) is 33.4 Å². The molecule has 1 N–H and O–H groups in total. The first kappa shape index (κ1) is 20.9. The van der Waals surface area contributed by atoms with E-state index < -0.39 is 0 Å². The first-order valence-corrected chi connectivity index (χ1v) is 10.4. The number of aromatic nitrogens is 1. The van der Waals surface area contributed by atoms with Crippen LogP contribution in [-0.2, 0) is 11.3 Å². The monoisotopic (exact) mass is 418 g/mol. The Morgan fingerprint density at radius 2 is 1.87 bits per heavy atom. The number of hydrogen-bond donors (Lipinski definition) is 1. The summed E-state index contributed by atoms with van der Waals surface area (Å²) in [6.45, 7) is 5.88. The molecular weight excluding hydrogens is 392 g/mol. The highest BCUT2D eigenvalue weighted by Gasteiger charge is 2.24. The second-order valence-electron chi connectivity index (χ2n) is 7.41. The number of aryl methyl sites for hydroxylation is 1. The van der Waals surface area contributed by atoms with E-state index in [4.69, 9.17) is 13.9 Å². The third-order valence-corrected chi connectivity index (χ3v) is 5.35.